The highest BCUT2D eigenvalue weighted by atomic mass is 15.3. The molecule has 0 radical (unpaired) electrons. The molecule has 0 bridgehead atoms. The highest BCUT2D eigenvalue weighted by Crippen LogP contribution is 2.28. The summed E-state index contributed by atoms with van der Waals surface area (Å²) in [4.78, 5) is 2.03. The Morgan fingerprint density at radius 3 is 2.81 bits per heavy atom. The third-order valence-electron chi connectivity index (χ3n) is 3.79. The Morgan fingerprint density at radius 1 is 1.19 bits per heavy atom. The first-order valence-corrected chi connectivity index (χ1v) is 7.19. The average Bonchev–Trinajstić information content (AvgIpc) is 2.93. The quantitative estimate of drug-likeness (QED) is 0.508. The second-order valence-electron chi connectivity index (χ2n) is 5.15. The number of nitrogens with one attached hydrogen (secondary N) is 2. The normalized spacial score (nSPS) is 12.9. The van der Waals surface area contributed by atoms with E-state index in [-0.39, 0.29) is 0 Å². The molecule has 3 nitrogen and oxygen atoms in total. The van der Waals surface area contributed by atoms with E-state index in [0.717, 1.165) is 36.3 Å². The van der Waals surface area contributed by atoms with Gasteiger partial charge in [0.05, 0.1) is 0 Å². The van der Waals surface area contributed by atoms with E-state index < -0.39 is 0 Å². The highest BCUT2D eigenvalue weighted by Gasteiger charge is 2.22. The van der Waals surface area contributed by atoms with Crippen molar-refractivity contribution in [3.8, 4) is 0 Å². The molecule has 0 spiro atoms. The molecule has 3 rings (SSSR count). The molecule has 0 atom stereocenters. The molecule has 0 unspecified atom stereocenters. The maximum Gasteiger partial charge on any atom is 0.200 e. The smallest absolute Gasteiger partial charge is 0.200 e. The number of fused-ring (bicyclic) bond motifs is 1. The zero-order chi connectivity index (χ0) is 14.7. The number of rotatable bonds is 3. The van der Waals surface area contributed by atoms with Crippen LogP contribution in [0.2, 0.25) is 0 Å². The van der Waals surface area contributed by atoms with Crippen LogP contribution in [0.4, 0.5) is 11.4 Å². The number of hydrogen-bond donors (Lipinski definition) is 2. The fourth-order valence-corrected chi connectivity index (χ4v) is 2.74. The van der Waals surface area contributed by atoms with Crippen LogP contribution in [0.25, 0.3) is 0 Å². The predicted octanol–water partition coefficient (Wildman–Crippen LogP) is 3.82. The Morgan fingerprint density at radius 2 is 1.95 bits per heavy atom. The summed E-state index contributed by atoms with van der Waals surface area (Å²) < 4.78 is 0. The zero-order valence-corrected chi connectivity index (χ0v) is 12.0. The summed E-state index contributed by atoms with van der Waals surface area (Å²) in [5.74, 6) is 0.427. The molecule has 2 aromatic carbocycles. The van der Waals surface area contributed by atoms with Crippen LogP contribution in [0.15, 0.2) is 61.2 Å². The molecule has 1 aliphatic rings. The summed E-state index contributed by atoms with van der Waals surface area (Å²) in [5, 5.41) is 11.6. The standard InChI is InChI=1S/C18H19N3/c1-2-7-14-8-3-5-10-16(14)20-18(19)21-13-12-15-9-4-6-11-17(15)21/h2-6,8-11H,1,7,12-13H2,(H2,19,20). The molecular weight excluding hydrogens is 258 g/mol. The van der Waals surface area contributed by atoms with Crippen molar-refractivity contribution < 1.29 is 0 Å². The Balaban J connectivity index is 1.80. The first kappa shape index (κ1) is 13.4. The number of guanidine groups is 1. The van der Waals surface area contributed by atoms with E-state index in [1.54, 1.807) is 0 Å². The predicted molar refractivity (Wildman–Crippen MR) is 89.2 cm³/mol. The third kappa shape index (κ3) is 2.68. The van der Waals surface area contributed by atoms with E-state index in [1.165, 1.54) is 5.56 Å². The van der Waals surface area contributed by atoms with Gasteiger partial charge in [-0.3, -0.25) is 5.41 Å². The minimum Gasteiger partial charge on any atom is -0.326 e. The lowest BCUT2D eigenvalue weighted by atomic mass is 10.1. The van der Waals surface area contributed by atoms with Gasteiger partial charge in [-0.15, -0.1) is 6.58 Å². The van der Waals surface area contributed by atoms with Crippen molar-refractivity contribution in [2.75, 3.05) is 16.8 Å². The molecule has 106 valence electrons. The molecule has 2 aromatic rings. The van der Waals surface area contributed by atoms with Crippen molar-refractivity contribution in [2.24, 2.45) is 0 Å². The summed E-state index contributed by atoms with van der Waals surface area (Å²) in [6, 6.07) is 16.4. The topological polar surface area (TPSA) is 39.1 Å². The van der Waals surface area contributed by atoms with E-state index in [1.807, 2.05) is 35.2 Å². The van der Waals surface area contributed by atoms with Crippen LogP contribution in [-0.2, 0) is 12.8 Å². The van der Waals surface area contributed by atoms with E-state index >= 15 is 0 Å². The maximum absolute atomic E-state index is 8.37. The minimum atomic E-state index is 0.427. The summed E-state index contributed by atoms with van der Waals surface area (Å²) in [6.07, 6.45) is 3.68. The fourth-order valence-electron chi connectivity index (χ4n) is 2.74. The zero-order valence-electron chi connectivity index (χ0n) is 12.0. The second-order valence-corrected chi connectivity index (χ2v) is 5.15. The van der Waals surface area contributed by atoms with Crippen molar-refractivity contribution in [1.82, 2.24) is 0 Å². The van der Waals surface area contributed by atoms with Gasteiger partial charge < -0.3 is 10.2 Å². The molecule has 3 heteroatoms. The van der Waals surface area contributed by atoms with Gasteiger partial charge >= 0.3 is 0 Å². The van der Waals surface area contributed by atoms with Crippen LogP contribution >= 0.6 is 0 Å². The van der Waals surface area contributed by atoms with E-state index in [2.05, 4.69) is 36.2 Å². The van der Waals surface area contributed by atoms with Gasteiger partial charge in [0.25, 0.3) is 0 Å². The van der Waals surface area contributed by atoms with Crippen LogP contribution < -0.4 is 10.2 Å². The minimum absolute atomic E-state index is 0.427. The Kier molecular flexibility index (Phi) is 3.73. The Bertz CT molecular complexity index is 676. The second kappa shape index (κ2) is 5.83. The van der Waals surface area contributed by atoms with Gasteiger partial charge in [-0.25, -0.2) is 0 Å². The number of benzene rings is 2. The summed E-state index contributed by atoms with van der Waals surface area (Å²) in [7, 11) is 0. The molecule has 0 saturated carbocycles. The molecule has 0 fully saturated rings. The molecule has 1 heterocycles. The van der Waals surface area contributed by atoms with Crippen molar-refractivity contribution in [3.63, 3.8) is 0 Å². The number of allylic oxidation sites excluding steroid dienone is 1. The van der Waals surface area contributed by atoms with Gasteiger partial charge in [0.2, 0.25) is 0 Å². The first-order chi connectivity index (χ1) is 10.3. The monoisotopic (exact) mass is 277 g/mol. The number of anilines is 2. The van der Waals surface area contributed by atoms with Crippen LogP contribution in [0, 0.1) is 5.41 Å². The molecule has 0 aliphatic carbocycles. The van der Waals surface area contributed by atoms with Crippen molar-refractivity contribution in [3.05, 3.63) is 72.3 Å². The van der Waals surface area contributed by atoms with Crippen molar-refractivity contribution >= 4 is 17.3 Å². The van der Waals surface area contributed by atoms with E-state index in [4.69, 9.17) is 5.41 Å². The summed E-state index contributed by atoms with van der Waals surface area (Å²) in [6.45, 7) is 4.65. The van der Waals surface area contributed by atoms with Crippen molar-refractivity contribution in [1.29, 1.82) is 5.41 Å². The average molecular weight is 277 g/mol. The SMILES string of the molecule is C=CCc1ccccc1NC(=N)N1CCc2ccccc21. The number of nitrogens with zero attached hydrogens (tertiary/aromatic N) is 1. The molecule has 0 amide bonds. The van der Waals surface area contributed by atoms with Crippen LogP contribution in [-0.4, -0.2) is 12.5 Å². The fraction of sp³-hybridized carbons (Fsp3) is 0.167. The van der Waals surface area contributed by atoms with E-state index in [0.29, 0.717) is 5.96 Å². The summed E-state index contributed by atoms with van der Waals surface area (Å²) >= 11 is 0. The molecule has 2 N–H and O–H groups in total. The molecule has 0 saturated heterocycles. The Labute approximate surface area is 125 Å². The van der Waals surface area contributed by atoms with Crippen LogP contribution in [0.5, 0.6) is 0 Å². The van der Waals surface area contributed by atoms with Gasteiger partial charge in [-0.1, -0.05) is 42.5 Å². The highest BCUT2D eigenvalue weighted by molar-refractivity contribution is 6.05. The number of para-hydroxylation sites is 2. The summed E-state index contributed by atoms with van der Waals surface area (Å²) in [5.41, 5.74) is 4.58. The largest absolute Gasteiger partial charge is 0.326 e. The molecule has 21 heavy (non-hydrogen) atoms. The molecule has 0 aromatic heterocycles. The van der Waals surface area contributed by atoms with Gasteiger partial charge in [0.1, 0.15) is 0 Å². The lowest BCUT2D eigenvalue weighted by molar-refractivity contribution is 1.01. The third-order valence-corrected chi connectivity index (χ3v) is 3.79. The maximum atomic E-state index is 8.37. The molecular formula is C18H19N3. The van der Waals surface area contributed by atoms with Crippen LogP contribution in [0.3, 0.4) is 0 Å². The van der Waals surface area contributed by atoms with Gasteiger partial charge in [0.15, 0.2) is 5.96 Å². The lowest BCUT2D eigenvalue weighted by Crippen LogP contribution is -2.34. The van der Waals surface area contributed by atoms with Gasteiger partial charge in [0, 0.05) is 17.9 Å². The van der Waals surface area contributed by atoms with E-state index in [9.17, 15) is 0 Å². The first-order valence-electron chi connectivity index (χ1n) is 7.19. The molecule has 1 aliphatic heterocycles. The number of hydrogen-bond acceptors (Lipinski definition) is 1. The lowest BCUT2D eigenvalue weighted by Gasteiger charge is -2.22. The van der Waals surface area contributed by atoms with Gasteiger partial charge in [-0.05, 0) is 36.1 Å². The van der Waals surface area contributed by atoms with Crippen molar-refractivity contribution in [2.45, 2.75) is 12.8 Å². The van der Waals surface area contributed by atoms with Gasteiger partial charge in [-0.2, -0.15) is 0 Å². The Hall–Kier alpha value is -2.55. The van der Waals surface area contributed by atoms with Crippen LogP contribution in [0.1, 0.15) is 11.1 Å².